The molecular weight excluding hydrogens is 264 g/mol. The lowest BCUT2D eigenvalue weighted by molar-refractivity contribution is -0.143. The Balaban J connectivity index is 2.60. The third-order valence-electron chi connectivity index (χ3n) is 3.37. The van der Waals surface area contributed by atoms with Gasteiger partial charge in [-0.05, 0) is 25.7 Å². The summed E-state index contributed by atoms with van der Waals surface area (Å²) >= 11 is 0. The quantitative estimate of drug-likeness (QED) is 0.850. The Bertz CT molecular complexity index is 412. The van der Waals surface area contributed by atoms with E-state index in [0.29, 0.717) is 13.0 Å². The summed E-state index contributed by atoms with van der Waals surface area (Å²) < 4.78 is 24.6. The van der Waals surface area contributed by atoms with Gasteiger partial charge in [0.05, 0.1) is 6.26 Å². The Morgan fingerprint density at radius 1 is 1.32 bits per heavy atom. The molecule has 5 nitrogen and oxygen atoms in total. The lowest BCUT2D eigenvalue weighted by Crippen LogP contribution is -2.49. The average molecular weight is 290 g/mol. The van der Waals surface area contributed by atoms with Crippen molar-refractivity contribution in [2.24, 2.45) is 5.41 Å². The molecule has 0 aromatic carbocycles. The smallest absolute Gasteiger partial charge is 0.228 e. The van der Waals surface area contributed by atoms with E-state index in [1.807, 2.05) is 25.7 Å². The summed E-state index contributed by atoms with van der Waals surface area (Å²) in [6.45, 7) is 6.97. The number of piperidine rings is 1. The molecule has 1 amide bonds. The van der Waals surface area contributed by atoms with E-state index >= 15 is 0 Å². The maximum absolute atomic E-state index is 12.4. The highest BCUT2D eigenvalue weighted by molar-refractivity contribution is 7.88. The van der Waals surface area contributed by atoms with Gasteiger partial charge in [-0.15, -0.1) is 0 Å². The maximum atomic E-state index is 12.4. The van der Waals surface area contributed by atoms with Gasteiger partial charge in [-0.3, -0.25) is 4.79 Å². The van der Waals surface area contributed by atoms with Gasteiger partial charge < -0.3 is 4.90 Å². The summed E-state index contributed by atoms with van der Waals surface area (Å²) in [4.78, 5) is 14.3. The van der Waals surface area contributed by atoms with E-state index in [0.717, 1.165) is 32.1 Å². The van der Waals surface area contributed by atoms with Crippen molar-refractivity contribution in [3.05, 3.63) is 0 Å². The summed E-state index contributed by atoms with van der Waals surface area (Å²) in [5.74, 6) is 0.163. The maximum Gasteiger partial charge on any atom is 0.228 e. The van der Waals surface area contributed by atoms with Gasteiger partial charge in [0.1, 0.15) is 0 Å². The van der Waals surface area contributed by atoms with Crippen LogP contribution in [0.15, 0.2) is 0 Å². The monoisotopic (exact) mass is 290 g/mol. The number of rotatable bonds is 4. The molecule has 1 saturated heterocycles. The third kappa shape index (κ3) is 5.48. The van der Waals surface area contributed by atoms with E-state index in [4.69, 9.17) is 0 Å². The van der Waals surface area contributed by atoms with Gasteiger partial charge in [0.15, 0.2) is 0 Å². The van der Waals surface area contributed by atoms with E-state index < -0.39 is 10.0 Å². The fourth-order valence-corrected chi connectivity index (χ4v) is 2.90. The molecule has 1 aliphatic rings. The van der Waals surface area contributed by atoms with Crippen LogP contribution >= 0.6 is 0 Å². The highest BCUT2D eigenvalue weighted by Crippen LogP contribution is 2.26. The van der Waals surface area contributed by atoms with Crippen LogP contribution in [0.3, 0.4) is 0 Å². The zero-order valence-corrected chi connectivity index (χ0v) is 13.2. The number of nitrogens with one attached hydrogen (secondary N) is 1. The van der Waals surface area contributed by atoms with Crippen LogP contribution in [-0.2, 0) is 14.8 Å². The second kappa shape index (κ2) is 6.22. The zero-order valence-electron chi connectivity index (χ0n) is 12.4. The van der Waals surface area contributed by atoms with Crippen molar-refractivity contribution in [1.82, 2.24) is 9.62 Å². The first kappa shape index (κ1) is 16.4. The van der Waals surface area contributed by atoms with Crippen LogP contribution in [0.5, 0.6) is 0 Å². The molecule has 0 aromatic heterocycles. The van der Waals surface area contributed by atoms with Gasteiger partial charge in [-0.25, -0.2) is 13.1 Å². The number of sulfonamides is 1. The van der Waals surface area contributed by atoms with Crippen molar-refractivity contribution in [2.75, 3.05) is 19.3 Å². The Morgan fingerprint density at radius 3 is 2.47 bits per heavy atom. The van der Waals surface area contributed by atoms with Crippen molar-refractivity contribution in [3.63, 3.8) is 0 Å². The normalized spacial score (nSPS) is 21.5. The van der Waals surface area contributed by atoms with Gasteiger partial charge >= 0.3 is 0 Å². The van der Waals surface area contributed by atoms with Crippen LogP contribution in [0.2, 0.25) is 0 Å². The standard InChI is InChI=1S/C13H26N2O3S/c1-13(2,3)12(16)15-10-6-5-7-11(15)8-9-14-19(4,17)18/h11,14H,5-10H2,1-4H3. The van der Waals surface area contributed by atoms with Crippen molar-refractivity contribution in [1.29, 1.82) is 0 Å². The fourth-order valence-electron chi connectivity index (χ4n) is 2.41. The van der Waals surface area contributed by atoms with E-state index in [1.165, 1.54) is 0 Å². The molecule has 1 aliphatic heterocycles. The molecule has 1 fully saturated rings. The third-order valence-corrected chi connectivity index (χ3v) is 4.10. The molecule has 112 valence electrons. The Kier molecular flexibility index (Phi) is 5.38. The number of carbonyl (C=O) groups excluding carboxylic acids is 1. The first-order chi connectivity index (χ1) is 8.61. The van der Waals surface area contributed by atoms with Crippen LogP contribution in [-0.4, -0.2) is 44.6 Å². The molecule has 19 heavy (non-hydrogen) atoms. The predicted octanol–water partition coefficient (Wildman–Crippen LogP) is 1.35. The summed E-state index contributed by atoms with van der Waals surface area (Å²) in [6.07, 6.45) is 4.96. The SMILES string of the molecule is CC(C)(C)C(=O)N1CCCCC1CCNS(C)(=O)=O. The Labute approximate surface area is 116 Å². The summed E-state index contributed by atoms with van der Waals surface area (Å²) in [5, 5.41) is 0. The highest BCUT2D eigenvalue weighted by atomic mass is 32.2. The molecule has 0 aliphatic carbocycles. The van der Waals surface area contributed by atoms with E-state index in [-0.39, 0.29) is 17.4 Å². The lowest BCUT2D eigenvalue weighted by atomic mass is 9.90. The van der Waals surface area contributed by atoms with Gasteiger partial charge in [-0.1, -0.05) is 20.8 Å². The zero-order chi connectivity index (χ0) is 14.7. The Morgan fingerprint density at radius 2 is 1.95 bits per heavy atom. The topological polar surface area (TPSA) is 66.5 Å². The molecule has 0 spiro atoms. The van der Waals surface area contributed by atoms with Gasteiger partial charge in [-0.2, -0.15) is 0 Å². The van der Waals surface area contributed by atoms with E-state index in [9.17, 15) is 13.2 Å². The minimum atomic E-state index is -3.14. The van der Waals surface area contributed by atoms with Crippen LogP contribution in [0.1, 0.15) is 46.5 Å². The predicted molar refractivity (Wildman–Crippen MR) is 76.3 cm³/mol. The Hall–Kier alpha value is -0.620. The lowest BCUT2D eigenvalue weighted by Gasteiger charge is -2.39. The number of hydrogen-bond acceptors (Lipinski definition) is 3. The average Bonchev–Trinajstić information content (AvgIpc) is 2.26. The van der Waals surface area contributed by atoms with Crippen LogP contribution in [0.25, 0.3) is 0 Å². The molecular formula is C13H26N2O3S. The molecule has 1 N–H and O–H groups in total. The number of nitrogens with zero attached hydrogens (tertiary/aromatic N) is 1. The number of amides is 1. The van der Waals surface area contributed by atoms with Gasteiger partial charge in [0, 0.05) is 24.5 Å². The van der Waals surface area contributed by atoms with Crippen molar-refractivity contribution < 1.29 is 13.2 Å². The number of likely N-dealkylation sites (tertiary alicyclic amines) is 1. The molecule has 0 aromatic rings. The summed E-state index contributed by atoms with van der Waals surface area (Å²) in [7, 11) is -3.14. The van der Waals surface area contributed by atoms with Gasteiger partial charge in [0.25, 0.3) is 0 Å². The van der Waals surface area contributed by atoms with Crippen LogP contribution in [0, 0.1) is 5.41 Å². The second-order valence-corrected chi connectivity index (χ2v) is 8.19. The first-order valence-electron chi connectivity index (χ1n) is 6.87. The van der Waals surface area contributed by atoms with Crippen LogP contribution in [0.4, 0.5) is 0 Å². The minimum Gasteiger partial charge on any atom is -0.339 e. The summed E-state index contributed by atoms with van der Waals surface area (Å²) in [5.41, 5.74) is -0.375. The largest absolute Gasteiger partial charge is 0.339 e. The van der Waals surface area contributed by atoms with E-state index in [2.05, 4.69) is 4.72 Å². The molecule has 1 heterocycles. The first-order valence-corrected chi connectivity index (χ1v) is 8.76. The van der Waals surface area contributed by atoms with Crippen molar-refractivity contribution >= 4 is 15.9 Å². The molecule has 1 atom stereocenters. The van der Waals surface area contributed by atoms with Crippen LogP contribution < -0.4 is 4.72 Å². The minimum absolute atomic E-state index is 0.162. The van der Waals surface area contributed by atoms with Crippen molar-refractivity contribution in [2.45, 2.75) is 52.5 Å². The molecule has 0 bridgehead atoms. The summed E-state index contributed by atoms with van der Waals surface area (Å²) in [6, 6.07) is 0.162. The number of hydrogen-bond donors (Lipinski definition) is 1. The highest BCUT2D eigenvalue weighted by Gasteiger charge is 2.33. The molecule has 1 rings (SSSR count). The number of carbonyl (C=O) groups is 1. The molecule has 0 radical (unpaired) electrons. The van der Waals surface area contributed by atoms with Gasteiger partial charge in [0.2, 0.25) is 15.9 Å². The second-order valence-electron chi connectivity index (χ2n) is 6.35. The van der Waals surface area contributed by atoms with E-state index in [1.54, 1.807) is 0 Å². The fraction of sp³-hybridized carbons (Fsp3) is 0.923. The molecule has 6 heteroatoms. The molecule has 0 saturated carbocycles. The van der Waals surface area contributed by atoms with Crippen molar-refractivity contribution in [3.8, 4) is 0 Å². The molecule has 1 unspecified atom stereocenters.